The summed E-state index contributed by atoms with van der Waals surface area (Å²) in [4.78, 5) is 22.9. The Balaban J connectivity index is 2.06. The van der Waals surface area contributed by atoms with Crippen LogP contribution >= 0.6 is 15.9 Å². The largest absolute Gasteiger partial charge is 0.478 e. The number of halogens is 1. The first-order valence-electron chi connectivity index (χ1n) is 6.34. The molecule has 0 unspecified atom stereocenters. The van der Waals surface area contributed by atoms with Gasteiger partial charge in [-0.1, -0.05) is 28.1 Å². The molecular formula is C16H14BrNO3. The molecular weight excluding hydrogens is 334 g/mol. The van der Waals surface area contributed by atoms with Crippen molar-refractivity contribution in [1.82, 2.24) is 0 Å². The molecule has 0 aliphatic rings. The topological polar surface area (TPSA) is 66.4 Å². The number of carboxylic acid groups (broad SMARTS) is 1. The Kier molecular flexibility index (Phi) is 4.75. The number of benzene rings is 2. The second-order valence-corrected chi connectivity index (χ2v) is 5.60. The number of aromatic carboxylic acids is 1. The summed E-state index contributed by atoms with van der Waals surface area (Å²) in [5, 5.41) is 11.7. The molecule has 2 rings (SSSR count). The average molecular weight is 348 g/mol. The fraction of sp³-hybridized carbons (Fsp3) is 0.125. The van der Waals surface area contributed by atoms with Crippen LogP contribution in [0.15, 0.2) is 46.9 Å². The number of amides is 1. The molecule has 21 heavy (non-hydrogen) atoms. The minimum absolute atomic E-state index is 0.136. The zero-order valence-electron chi connectivity index (χ0n) is 11.4. The summed E-state index contributed by atoms with van der Waals surface area (Å²) in [6, 6.07) is 12.2. The zero-order chi connectivity index (χ0) is 15.4. The standard InChI is InChI=1S/C16H14BrNO3/c1-10-8-12(16(20)21)4-7-14(10)18-15(19)9-11-2-5-13(17)6-3-11/h2-8H,9H2,1H3,(H,18,19)(H,20,21). The number of rotatable bonds is 4. The molecule has 1 amide bonds. The van der Waals surface area contributed by atoms with E-state index in [1.807, 2.05) is 24.3 Å². The van der Waals surface area contributed by atoms with Gasteiger partial charge in [-0.15, -0.1) is 0 Å². The van der Waals surface area contributed by atoms with Gasteiger partial charge in [-0.3, -0.25) is 4.79 Å². The molecule has 0 fully saturated rings. The zero-order valence-corrected chi connectivity index (χ0v) is 13.0. The minimum atomic E-state index is -0.981. The van der Waals surface area contributed by atoms with Crippen molar-refractivity contribution >= 4 is 33.5 Å². The maximum Gasteiger partial charge on any atom is 0.335 e. The normalized spacial score (nSPS) is 10.2. The number of hydrogen-bond donors (Lipinski definition) is 2. The molecule has 5 heteroatoms. The first-order valence-corrected chi connectivity index (χ1v) is 7.13. The minimum Gasteiger partial charge on any atom is -0.478 e. The van der Waals surface area contributed by atoms with Gasteiger partial charge in [0.1, 0.15) is 0 Å². The smallest absolute Gasteiger partial charge is 0.335 e. The summed E-state index contributed by atoms with van der Waals surface area (Å²) in [5.41, 5.74) is 2.47. The highest BCUT2D eigenvalue weighted by atomic mass is 79.9. The molecule has 4 nitrogen and oxygen atoms in total. The maximum absolute atomic E-state index is 12.0. The number of hydrogen-bond acceptors (Lipinski definition) is 2. The van der Waals surface area contributed by atoms with Crippen molar-refractivity contribution in [2.75, 3.05) is 5.32 Å². The summed E-state index contributed by atoms with van der Waals surface area (Å²) >= 11 is 3.34. The van der Waals surface area contributed by atoms with Crippen LogP contribution in [0, 0.1) is 6.92 Å². The molecule has 0 aliphatic heterocycles. The first kappa shape index (κ1) is 15.3. The highest BCUT2D eigenvalue weighted by molar-refractivity contribution is 9.10. The molecule has 0 aliphatic carbocycles. The lowest BCUT2D eigenvalue weighted by Gasteiger charge is -2.09. The van der Waals surface area contributed by atoms with Gasteiger partial charge in [-0.25, -0.2) is 4.79 Å². The average Bonchev–Trinajstić information content (AvgIpc) is 2.43. The van der Waals surface area contributed by atoms with Crippen LogP contribution in [0.25, 0.3) is 0 Å². The third-order valence-electron chi connectivity index (χ3n) is 3.03. The van der Waals surface area contributed by atoms with Crippen LogP contribution in [0.1, 0.15) is 21.5 Å². The second kappa shape index (κ2) is 6.54. The number of carbonyl (C=O) groups excluding carboxylic acids is 1. The van der Waals surface area contributed by atoms with Crippen LogP contribution in [-0.4, -0.2) is 17.0 Å². The van der Waals surface area contributed by atoms with E-state index in [1.54, 1.807) is 13.0 Å². The molecule has 0 heterocycles. The van der Waals surface area contributed by atoms with Crippen LogP contribution in [0.4, 0.5) is 5.69 Å². The molecule has 0 atom stereocenters. The summed E-state index contributed by atoms with van der Waals surface area (Å²) in [5.74, 6) is -1.12. The van der Waals surface area contributed by atoms with Crippen LogP contribution in [-0.2, 0) is 11.2 Å². The molecule has 2 aromatic carbocycles. The summed E-state index contributed by atoms with van der Waals surface area (Å²) < 4.78 is 0.965. The van der Waals surface area contributed by atoms with Gasteiger partial charge in [0.05, 0.1) is 12.0 Å². The van der Waals surface area contributed by atoms with E-state index in [4.69, 9.17) is 5.11 Å². The lowest BCUT2D eigenvalue weighted by atomic mass is 10.1. The van der Waals surface area contributed by atoms with Crippen LogP contribution in [0.5, 0.6) is 0 Å². The maximum atomic E-state index is 12.0. The Morgan fingerprint density at radius 2 is 1.81 bits per heavy atom. The quantitative estimate of drug-likeness (QED) is 0.887. The van der Waals surface area contributed by atoms with Gasteiger partial charge >= 0.3 is 5.97 Å². The molecule has 108 valence electrons. The first-order chi connectivity index (χ1) is 9.95. The molecule has 2 N–H and O–H groups in total. The number of carboxylic acids is 1. The molecule has 0 aromatic heterocycles. The van der Waals surface area contributed by atoms with Gasteiger partial charge in [-0.2, -0.15) is 0 Å². The molecule has 0 saturated carbocycles. The molecule has 0 spiro atoms. The summed E-state index contributed by atoms with van der Waals surface area (Å²) in [6.45, 7) is 1.77. The lowest BCUT2D eigenvalue weighted by molar-refractivity contribution is -0.115. The molecule has 2 aromatic rings. The van der Waals surface area contributed by atoms with Gasteiger partial charge in [0.25, 0.3) is 0 Å². The van der Waals surface area contributed by atoms with Gasteiger partial charge in [0, 0.05) is 10.2 Å². The van der Waals surface area contributed by atoms with Crippen molar-refractivity contribution in [1.29, 1.82) is 0 Å². The predicted octanol–water partition coefficient (Wildman–Crippen LogP) is 3.64. The van der Waals surface area contributed by atoms with Crippen LogP contribution in [0.3, 0.4) is 0 Å². The van der Waals surface area contributed by atoms with Crippen molar-refractivity contribution in [3.8, 4) is 0 Å². The Morgan fingerprint density at radius 1 is 1.14 bits per heavy atom. The monoisotopic (exact) mass is 347 g/mol. The Bertz CT molecular complexity index is 680. The number of carbonyl (C=O) groups is 2. The van der Waals surface area contributed by atoms with E-state index in [0.29, 0.717) is 5.69 Å². The number of aryl methyl sites for hydroxylation is 1. The van der Waals surface area contributed by atoms with E-state index in [9.17, 15) is 9.59 Å². The number of anilines is 1. The highest BCUT2D eigenvalue weighted by Crippen LogP contribution is 2.17. The van der Waals surface area contributed by atoms with Crippen molar-refractivity contribution in [3.05, 3.63) is 63.6 Å². The van der Waals surface area contributed by atoms with Crippen LogP contribution < -0.4 is 5.32 Å². The van der Waals surface area contributed by atoms with Crippen molar-refractivity contribution in [3.63, 3.8) is 0 Å². The molecule has 0 bridgehead atoms. The fourth-order valence-electron chi connectivity index (χ4n) is 1.92. The van der Waals surface area contributed by atoms with Gasteiger partial charge < -0.3 is 10.4 Å². The Labute approximate surface area is 130 Å². The van der Waals surface area contributed by atoms with Gasteiger partial charge in [-0.05, 0) is 48.4 Å². The van der Waals surface area contributed by atoms with E-state index < -0.39 is 5.97 Å². The van der Waals surface area contributed by atoms with E-state index in [1.165, 1.54) is 12.1 Å². The number of nitrogens with one attached hydrogen (secondary N) is 1. The third kappa shape index (κ3) is 4.16. The van der Waals surface area contributed by atoms with Crippen molar-refractivity contribution < 1.29 is 14.7 Å². The molecule has 0 radical (unpaired) electrons. The van der Waals surface area contributed by atoms with Crippen LogP contribution in [0.2, 0.25) is 0 Å². The van der Waals surface area contributed by atoms with E-state index in [0.717, 1.165) is 15.6 Å². The highest BCUT2D eigenvalue weighted by Gasteiger charge is 2.09. The van der Waals surface area contributed by atoms with Gasteiger partial charge in [0.15, 0.2) is 0 Å². The SMILES string of the molecule is Cc1cc(C(=O)O)ccc1NC(=O)Cc1ccc(Br)cc1. The van der Waals surface area contributed by atoms with E-state index >= 15 is 0 Å². The Morgan fingerprint density at radius 3 is 2.38 bits per heavy atom. The van der Waals surface area contributed by atoms with E-state index in [-0.39, 0.29) is 17.9 Å². The Hall–Kier alpha value is -2.14. The third-order valence-corrected chi connectivity index (χ3v) is 3.55. The predicted molar refractivity (Wildman–Crippen MR) is 84.6 cm³/mol. The van der Waals surface area contributed by atoms with E-state index in [2.05, 4.69) is 21.2 Å². The summed E-state index contributed by atoms with van der Waals surface area (Å²) in [7, 11) is 0. The second-order valence-electron chi connectivity index (χ2n) is 4.69. The molecule has 0 saturated heterocycles. The van der Waals surface area contributed by atoms with Crippen molar-refractivity contribution in [2.24, 2.45) is 0 Å². The van der Waals surface area contributed by atoms with Crippen molar-refractivity contribution in [2.45, 2.75) is 13.3 Å². The fourth-order valence-corrected chi connectivity index (χ4v) is 2.18. The van der Waals surface area contributed by atoms with Gasteiger partial charge in [0.2, 0.25) is 5.91 Å². The summed E-state index contributed by atoms with van der Waals surface area (Å²) in [6.07, 6.45) is 0.271. The lowest BCUT2D eigenvalue weighted by Crippen LogP contribution is -2.15.